The quantitative estimate of drug-likeness (QED) is 0.425. The second-order valence-corrected chi connectivity index (χ2v) is 7.35. The molecular weight excluding hydrogens is 360 g/mol. The average molecular weight is 384 g/mol. The highest BCUT2D eigenvalue weighted by Gasteiger charge is 2.18. The Labute approximate surface area is 170 Å². The van der Waals surface area contributed by atoms with Crippen LogP contribution < -0.4 is 10.2 Å². The molecule has 4 aromatic rings. The first-order valence-corrected chi connectivity index (χ1v) is 9.78. The highest BCUT2D eigenvalue weighted by molar-refractivity contribution is 6.06. The predicted octanol–water partition coefficient (Wildman–Crippen LogP) is 6.54. The Balaban J connectivity index is 1.56. The van der Waals surface area contributed by atoms with Gasteiger partial charge in [-0.25, -0.2) is 0 Å². The molecule has 0 bridgehead atoms. The van der Waals surface area contributed by atoms with E-state index in [0.29, 0.717) is 11.8 Å². The summed E-state index contributed by atoms with van der Waals surface area (Å²) in [5.74, 6) is 0.110. The molecule has 0 saturated heterocycles. The summed E-state index contributed by atoms with van der Waals surface area (Å²) in [6, 6.07) is 26.1. The van der Waals surface area contributed by atoms with Crippen LogP contribution in [-0.2, 0) is 0 Å². The van der Waals surface area contributed by atoms with Crippen LogP contribution >= 0.6 is 0 Å². The first-order valence-electron chi connectivity index (χ1n) is 9.78. The summed E-state index contributed by atoms with van der Waals surface area (Å²) >= 11 is 0. The van der Waals surface area contributed by atoms with E-state index < -0.39 is 0 Å². The number of rotatable bonds is 5. The van der Waals surface area contributed by atoms with Gasteiger partial charge >= 0.3 is 0 Å². The van der Waals surface area contributed by atoms with Gasteiger partial charge in [0.05, 0.1) is 0 Å². The third-order valence-electron chi connectivity index (χ3n) is 5.00. The van der Waals surface area contributed by atoms with E-state index in [-0.39, 0.29) is 5.91 Å². The van der Waals surface area contributed by atoms with Gasteiger partial charge in [-0.15, -0.1) is 0 Å². The zero-order valence-electron chi connectivity index (χ0n) is 16.8. The third-order valence-corrected chi connectivity index (χ3v) is 5.00. The number of carbonyl (C=O) groups is 1. The molecule has 0 spiro atoms. The molecule has 1 N–H and O–H groups in total. The summed E-state index contributed by atoms with van der Waals surface area (Å²) in [7, 11) is 0. The molecule has 1 heterocycles. The molecule has 29 heavy (non-hydrogen) atoms. The Bertz CT molecular complexity index is 1130. The summed E-state index contributed by atoms with van der Waals surface area (Å²) in [6.07, 6.45) is 0. The van der Waals surface area contributed by atoms with Crippen molar-refractivity contribution in [1.82, 2.24) is 0 Å². The molecule has 0 radical (unpaired) electrons. The van der Waals surface area contributed by atoms with Crippen molar-refractivity contribution in [1.29, 1.82) is 0 Å². The van der Waals surface area contributed by atoms with E-state index in [2.05, 4.69) is 36.2 Å². The summed E-state index contributed by atoms with van der Waals surface area (Å²) < 4.78 is 5.76. The van der Waals surface area contributed by atoms with E-state index in [4.69, 9.17) is 4.42 Å². The number of anilines is 3. The average Bonchev–Trinajstić information content (AvgIpc) is 3.07. The Kier molecular flexibility index (Phi) is 5.09. The number of aryl methyl sites for hydroxylation is 1. The number of carbonyl (C=O) groups excluding carboxylic acids is 1. The molecule has 4 heteroatoms. The largest absolute Gasteiger partial charge is 0.451 e. The van der Waals surface area contributed by atoms with Gasteiger partial charge in [0.2, 0.25) is 0 Å². The molecule has 0 fully saturated rings. The van der Waals surface area contributed by atoms with Crippen LogP contribution in [0.5, 0.6) is 0 Å². The van der Waals surface area contributed by atoms with Crippen LogP contribution in [0.25, 0.3) is 11.0 Å². The predicted molar refractivity (Wildman–Crippen MR) is 119 cm³/mol. The molecule has 146 valence electrons. The fraction of sp³-hybridized carbons (Fsp3) is 0.160. The van der Waals surface area contributed by atoms with Crippen molar-refractivity contribution in [2.75, 3.05) is 10.2 Å². The minimum atomic E-state index is -0.241. The van der Waals surface area contributed by atoms with Crippen LogP contribution in [0.15, 0.2) is 83.3 Å². The summed E-state index contributed by atoms with van der Waals surface area (Å²) in [5, 5.41) is 3.91. The SMILES string of the molecule is Cc1c(C(=O)Nc2ccc(N(c3ccccc3)C(C)C)cc2)oc2ccccc12. The second-order valence-electron chi connectivity index (χ2n) is 7.35. The maximum Gasteiger partial charge on any atom is 0.291 e. The Morgan fingerprint density at radius 2 is 1.48 bits per heavy atom. The van der Waals surface area contributed by atoms with Gasteiger partial charge in [-0.05, 0) is 63.2 Å². The van der Waals surface area contributed by atoms with Gasteiger partial charge in [-0.2, -0.15) is 0 Å². The summed E-state index contributed by atoms with van der Waals surface area (Å²) in [6.45, 7) is 6.23. The van der Waals surface area contributed by atoms with E-state index in [0.717, 1.165) is 33.6 Å². The van der Waals surface area contributed by atoms with Gasteiger partial charge in [-0.3, -0.25) is 4.79 Å². The van der Waals surface area contributed by atoms with Crippen LogP contribution in [0.1, 0.15) is 30.0 Å². The molecule has 0 aliphatic rings. The Morgan fingerprint density at radius 1 is 0.862 bits per heavy atom. The van der Waals surface area contributed by atoms with Crippen molar-refractivity contribution in [2.45, 2.75) is 26.8 Å². The molecule has 0 unspecified atom stereocenters. The fourth-order valence-electron chi connectivity index (χ4n) is 3.62. The Morgan fingerprint density at radius 3 is 2.14 bits per heavy atom. The molecule has 0 saturated carbocycles. The van der Waals surface area contributed by atoms with E-state index in [9.17, 15) is 4.79 Å². The molecule has 4 rings (SSSR count). The van der Waals surface area contributed by atoms with Gasteiger partial charge in [-0.1, -0.05) is 36.4 Å². The van der Waals surface area contributed by atoms with Crippen molar-refractivity contribution in [3.05, 3.63) is 90.2 Å². The minimum Gasteiger partial charge on any atom is -0.451 e. The standard InChI is InChI=1S/C25H24N2O2/c1-17(2)27(20-9-5-4-6-10-20)21-15-13-19(14-16-21)26-25(28)24-18(3)22-11-7-8-12-23(22)29-24/h4-17H,1-3H3,(H,26,28). The van der Waals surface area contributed by atoms with E-state index in [1.807, 2.05) is 73.7 Å². The second kappa shape index (κ2) is 7.84. The molecular formula is C25H24N2O2. The van der Waals surface area contributed by atoms with Crippen LogP contribution in [0, 0.1) is 6.92 Å². The number of nitrogens with one attached hydrogen (secondary N) is 1. The molecule has 3 aromatic carbocycles. The molecule has 0 aliphatic heterocycles. The lowest BCUT2D eigenvalue weighted by atomic mass is 10.1. The van der Waals surface area contributed by atoms with Crippen molar-refractivity contribution >= 4 is 33.9 Å². The van der Waals surface area contributed by atoms with Crippen LogP contribution in [-0.4, -0.2) is 11.9 Å². The highest BCUT2D eigenvalue weighted by atomic mass is 16.3. The van der Waals surface area contributed by atoms with E-state index >= 15 is 0 Å². The summed E-state index contributed by atoms with van der Waals surface area (Å²) in [5.41, 5.74) is 4.52. The first kappa shape index (κ1) is 18.8. The zero-order valence-corrected chi connectivity index (χ0v) is 16.8. The Hall–Kier alpha value is -3.53. The number of benzene rings is 3. The lowest BCUT2D eigenvalue weighted by Crippen LogP contribution is -2.25. The number of nitrogens with zero attached hydrogens (tertiary/aromatic N) is 1. The zero-order chi connectivity index (χ0) is 20.4. The normalized spacial score (nSPS) is 11.0. The van der Waals surface area contributed by atoms with E-state index in [1.165, 1.54) is 0 Å². The minimum absolute atomic E-state index is 0.241. The van der Waals surface area contributed by atoms with Crippen LogP contribution in [0.3, 0.4) is 0 Å². The lowest BCUT2D eigenvalue weighted by molar-refractivity contribution is 0.0998. The number of para-hydroxylation sites is 2. The van der Waals surface area contributed by atoms with Gasteiger partial charge in [0.15, 0.2) is 5.76 Å². The number of hydrogen-bond donors (Lipinski definition) is 1. The van der Waals surface area contributed by atoms with Gasteiger partial charge in [0.1, 0.15) is 5.58 Å². The van der Waals surface area contributed by atoms with Gasteiger partial charge < -0.3 is 14.6 Å². The van der Waals surface area contributed by atoms with Crippen molar-refractivity contribution < 1.29 is 9.21 Å². The third kappa shape index (κ3) is 3.74. The van der Waals surface area contributed by atoms with E-state index in [1.54, 1.807) is 0 Å². The molecule has 4 nitrogen and oxygen atoms in total. The smallest absolute Gasteiger partial charge is 0.291 e. The van der Waals surface area contributed by atoms with Gasteiger partial charge in [0, 0.05) is 34.1 Å². The fourth-order valence-corrected chi connectivity index (χ4v) is 3.62. The topological polar surface area (TPSA) is 45.5 Å². The molecule has 1 aromatic heterocycles. The molecule has 0 atom stereocenters. The number of hydrogen-bond acceptors (Lipinski definition) is 3. The van der Waals surface area contributed by atoms with Gasteiger partial charge in [0.25, 0.3) is 5.91 Å². The molecule has 1 amide bonds. The van der Waals surface area contributed by atoms with Crippen molar-refractivity contribution in [3.8, 4) is 0 Å². The van der Waals surface area contributed by atoms with Crippen molar-refractivity contribution in [3.63, 3.8) is 0 Å². The highest BCUT2D eigenvalue weighted by Crippen LogP contribution is 2.29. The lowest BCUT2D eigenvalue weighted by Gasteiger charge is -2.29. The number of amides is 1. The first-order chi connectivity index (χ1) is 14.0. The number of fused-ring (bicyclic) bond motifs is 1. The van der Waals surface area contributed by atoms with Crippen LogP contribution in [0.2, 0.25) is 0 Å². The summed E-state index contributed by atoms with van der Waals surface area (Å²) in [4.78, 5) is 15.0. The van der Waals surface area contributed by atoms with Crippen LogP contribution in [0.4, 0.5) is 17.1 Å². The maximum atomic E-state index is 12.7. The molecule has 0 aliphatic carbocycles. The monoisotopic (exact) mass is 384 g/mol. The maximum absolute atomic E-state index is 12.7. The van der Waals surface area contributed by atoms with Crippen molar-refractivity contribution in [2.24, 2.45) is 0 Å². The number of furan rings is 1.